The van der Waals surface area contributed by atoms with E-state index >= 15 is 8.78 Å². The summed E-state index contributed by atoms with van der Waals surface area (Å²) in [4.78, 5) is 37.7. The first-order valence-corrected chi connectivity index (χ1v) is 19.9. The van der Waals surface area contributed by atoms with Crippen molar-refractivity contribution in [1.82, 2.24) is 34.5 Å². The maximum atomic E-state index is 16.4. The number of nitrogens with two attached hydrogens (primary N) is 1. The Morgan fingerprint density at radius 2 is 1.65 bits per heavy atom. The summed E-state index contributed by atoms with van der Waals surface area (Å²) in [6.07, 6.45) is 8.53. The van der Waals surface area contributed by atoms with Gasteiger partial charge in [-0.3, -0.25) is 19.8 Å². The number of amides is 2. The van der Waals surface area contributed by atoms with Gasteiger partial charge in [0.25, 0.3) is 0 Å². The Balaban J connectivity index is 0.814. The highest BCUT2D eigenvalue weighted by atomic mass is 19.1. The van der Waals surface area contributed by atoms with Gasteiger partial charge in [-0.2, -0.15) is 5.10 Å². The molecular formula is C43H43F2N9O3. The molecule has 5 aliphatic rings. The van der Waals surface area contributed by atoms with E-state index in [1.807, 2.05) is 66.9 Å². The first-order valence-electron chi connectivity index (χ1n) is 19.9. The van der Waals surface area contributed by atoms with E-state index < -0.39 is 18.3 Å². The van der Waals surface area contributed by atoms with Gasteiger partial charge in [0.05, 0.1) is 17.1 Å². The van der Waals surface area contributed by atoms with Crippen LogP contribution in [-0.4, -0.2) is 78.9 Å². The number of carbonyl (C=O) groups is 2. The second-order valence-corrected chi connectivity index (χ2v) is 16.0. The van der Waals surface area contributed by atoms with Crippen LogP contribution in [0.3, 0.4) is 0 Å². The molecule has 11 rings (SSSR count). The van der Waals surface area contributed by atoms with Crippen molar-refractivity contribution in [3.8, 4) is 22.8 Å². The fourth-order valence-electron chi connectivity index (χ4n) is 9.66. The van der Waals surface area contributed by atoms with Crippen LogP contribution < -0.4 is 20.7 Å². The van der Waals surface area contributed by atoms with Gasteiger partial charge in [0.15, 0.2) is 5.65 Å². The molecule has 12 nitrogen and oxygen atoms in total. The number of rotatable bonds is 8. The number of aromatic nitrogens is 5. The van der Waals surface area contributed by atoms with Crippen LogP contribution >= 0.6 is 0 Å². The summed E-state index contributed by atoms with van der Waals surface area (Å²) in [6, 6.07) is 20.0. The summed E-state index contributed by atoms with van der Waals surface area (Å²) >= 11 is 0. The van der Waals surface area contributed by atoms with E-state index in [2.05, 4.69) is 25.1 Å². The highest BCUT2D eigenvalue weighted by Gasteiger charge is 2.42. The molecule has 1 aliphatic carbocycles. The molecule has 0 radical (unpaired) electrons. The van der Waals surface area contributed by atoms with Gasteiger partial charge < -0.3 is 19.9 Å². The first kappa shape index (κ1) is 35.5. The lowest BCUT2D eigenvalue weighted by atomic mass is 9.82. The smallest absolute Gasteiger partial charge is 0.249 e. The third-order valence-corrected chi connectivity index (χ3v) is 12.5. The normalized spacial score (nSPS) is 25.3. The van der Waals surface area contributed by atoms with Crippen molar-refractivity contribution in [2.75, 3.05) is 30.3 Å². The Morgan fingerprint density at radius 1 is 0.877 bits per heavy atom. The van der Waals surface area contributed by atoms with E-state index in [1.54, 1.807) is 21.5 Å². The maximum Gasteiger partial charge on any atom is 0.249 e. The van der Waals surface area contributed by atoms with Crippen molar-refractivity contribution in [3.05, 3.63) is 91.3 Å². The second kappa shape index (κ2) is 14.2. The number of ether oxygens (including phenoxy) is 1. The summed E-state index contributed by atoms with van der Waals surface area (Å²) < 4.78 is 41.6. The van der Waals surface area contributed by atoms with E-state index in [9.17, 15) is 9.59 Å². The standard InChI is InChI=1S/C43H43F2N9O3/c44-33-16-25(6-13-35(33)54-42-39(41(46)47-24-48-42)40(50-54)26-7-11-32(12-8-26)57-31-4-2-1-3-5-31)19-51-22-30-10-9-29(51)23-53(30)37-18-28-21-52(20-27(28)17-34(37)45)36-14-15-38(55)49-43(36)56/h1-5,7-8,11-12,17-18,20-21,24-25,29-30,33,35-36H,6,9-10,13-16,19,22-23H2,(H2,46,47,48)(H,49,55,56). The van der Waals surface area contributed by atoms with Crippen molar-refractivity contribution in [2.24, 2.45) is 5.92 Å². The molecular weight excluding hydrogens is 729 g/mol. The number of hydrogen-bond donors (Lipinski definition) is 2. The minimum Gasteiger partial charge on any atom is -0.457 e. The zero-order chi connectivity index (χ0) is 38.8. The number of nitrogens with zero attached hydrogens (tertiary/aromatic N) is 7. The van der Waals surface area contributed by atoms with E-state index in [-0.39, 0.29) is 42.1 Å². The number of halogens is 2. The molecule has 4 saturated heterocycles. The molecule has 3 N–H and O–H groups in total. The molecule has 0 spiro atoms. The second-order valence-electron chi connectivity index (χ2n) is 16.0. The number of benzene rings is 3. The van der Waals surface area contributed by atoms with Crippen molar-refractivity contribution >= 4 is 45.1 Å². The highest BCUT2D eigenvalue weighted by molar-refractivity contribution is 6.00. The van der Waals surface area contributed by atoms with Gasteiger partial charge in [0.2, 0.25) is 11.8 Å². The van der Waals surface area contributed by atoms with Crippen molar-refractivity contribution in [1.29, 1.82) is 0 Å². The molecule has 292 valence electrons. The van der Waals surface area contributed by atoms with Gasteiger partial charge in [0, 0.05) is 66.9 Å². The summed E-state index contributed by atoms with van der Waals surface area (Å²) in [5, 5.41) is 9.55. The monoisotopic (exact) mass is 771 g/mol. The molecule has 7 heterocycles. The number of piperidine rings is 3. The Morgan fingerprint density at radius 3 is 2.40 bits per heavy atom. The lowest BCUT2D eigenvalue weighted by Crippen LogP contribution is -2.63. The molecule has 57 heavy (non-hydrogen) atoms. The lowest BCUT2D eigenvalue weighted by Gasteiger charge is -2.53. The van der Waals surface area contributed by atoms with Crippen LogP contribution in [0, 0.1) is 11.7 Å². The van der Waals surface area contributed by atoms with Crippen molar-refractivity contribution < 1.29 is 23.1 Å². The van der Waals surface area contributed by atoms with Crippen LogP contribution in [0.2, 0.25) is 0 Å². The quantitative estimate of drug-likeness (QED) is 0.157. The molecule has 6 aromatic rings. The zero-order valence-corrected chi connectivity index (χ0v) is 31.3. The predicted molar refractivity (Wildman–Crippen MR) is 212 cm³/mol. The van der Waals surface area contributed by atoms with Gasteiger partial charge in [-0.05, 0) is 93.0 Å². The number of piperazine rings is 1. The third-order valence-electron chi connectivity index (χ3n) is 12.5. The third kappa shape index (κ3) is 6.55. The van der Waals surface area contributed by atoms with Crippen molar-refractivity contribution in [3.63, 3.8) is 0 Å². The molecule has 4 aliphatic heterocycles. The van der Waals surface area contributed by atoms with Crippen LogP contribution in [0.15, 0.2) is 85.5 Å². The average molecular weight is 772 g/mol. The molecule has 2 bridgehead atoms. The van der Waals surface area contributed by atoms with E-state index in [0.29, 0.717) is 59.8 Å². The number of imide groups is 1. The number of anilines is 2. The lowest BCUT2D eigenvalue weighted by molar-refractivity contribution is -0.135. The van der Waals surface area contributed by atoms with Gasteiger partial charge in [0.1, 0.15) is 47.4 Å². The Bertz CT molecular complexity index is 2490. The SMILES string of the molecule is Nc1ncnc2c1c(-c1ccc(Oc3ccccc3)cc1)nn2C1CCC(CN2CC3CCC2CN3c2cc3cn(C4CCC(=O)NC4=O)cc3cc2F)CC1F. The summed E-state index contributed by atoms with van der Waals surface area (Å²) in [5.74, 6) is 1.03. The predicted octanol–water partition coefficient (Wildman–Crippen LogP) is 6.97. The number of para-hydroxylation sites is 1. The largest absolute Gasteiger partial charge is 0.457 e. The number of hydrogen-bond acceptors (Lipinski definition) is 9. The fourth-order valence-corrected chi connectivity index (χ4v) is 9.66. The Hall–Kier alpha value is -5.89. The maximum absolute atomic E-state index is 16.4. The topological polar surface area (TPSA) is 136 Å². The van der Waals surface area contributed by atoms with E-state index in [1.165, 1.54) is 6.33 Å². The van der Waals surface area contributed by atoms with Gasteiger partial charge in [-0.1, -0.05) is 18.2 Å². The molecule has 14 heteroatoms. The number of nitrogens with one attached hydrogen (secondary N) is 1. The molecule has 2 amide bonds. The molecule has 5 fully saturated rings. The Labute approximate surface area is 327 Å². The zero-order valence-electron chi connectivity index (χ0n) is 31.3. The molecule has 3 aromatic carbocycles. The summed E-state index contributed by atoms with van der Waals surface area (Å²) in [5.41, 5.74) is 8.93. The number of nitrogen functional groups attached to an aromatic ring is 1. The van der Waals surface area contributed by atoms with Crippen LogP contribution in [0.4, 0.5) is 20.3 Å². The number of fused-ring (bicyclic) bond motifs is 5. The van der Waals surface area contributed by atoms with E-state index in [0.717, 1.165) is 54.4 Å². The van der Waals surface area contributed by atoms with Crippen LogP contribution in [-0.2, 0) is 9.59 Å². The minimum atomic E-state index is -1.12. The molecule has 3 aromatic heterocycles. The summed E-state index contributed by atoms with van der Waals surface area (Å²) in [7, 11) is 0. The first-order chi connectivity index (χ1) is 27.8. The van der Waals surface area contributed by atoms with E-state index in [4.69, 9.17) is 15.6 Å². The molecule has 6 atom stereocenters. The molecule has 6 unspecified atom stereocenters. The Kier molecular flexibility index (Phi) is 8.88. The summed E-state index contributed by atoms with van der Waals surface area (Å²) in [6.45, 7) is 2.31. The highest BCUT2D eigenvalue weighted by Crippen LogP contribution is 2.42. The van der Waals surface area contributed by atoms with Gasteiger partial charge >= 0.3 is 0 Å². The van der Waals surface area contributed by atoms with Crippen LogP contribution in [0.1, 0.15) is 57.0 Å². The van der Waals surface area contributed by atoms with Crippen molar-refractivity contribution in [2.45, 2.75) is 75.3 Å². The fraction of sp³-hybridized carbons (Fsp3) is 0.372. The van der Waals surface area contributed by atoms with Crippen LogP contribution in [0.25, 0.3) is 33.1 Å². The van der Waals surface area contributed by atoms with Gasteiger partial charge in [-0.25, -0.2) is 23.4 Å². The minimum absolute atomic E-state index is 0.148. The number of alkyl halides is 1. The van der Waals surface area contributed by atoms with Gasteiger partial charge in [-0.15, -0.1) is 0 Å². The molecule has 1 saturated carbocycles. The number of carbonyl (C=O) groups excluding carboxylic acids is 2. The average Bonchev–Trinajstić information content (AvgIpc) is 3.81. The van der Waals surface area contributed by atoms with Crippen LogP contribution in [0.5, 0.6) is 11.5 Å².